The maximum absolute atomic E-state index is 12.5. The number of nitrogens with one attached hydrogen (secondary N) is 2. The summed E-state index contributed by atoms with van der Waals surface area (Å²) < 4.78 is 6.49. The van der Waals surface area contributed by atoms with Crippen molar-refractivity contribution in [2.75, 3.05) is 13.2 Å². The lowest BCUT2D eigenvalue weighted by atomic mass is 9.98. The number of hydrogen-bond acceptors (Lipinski definition) is 4. The zero-order valence-electron chi connectivity index (χ0n) is 16.5. The van der Waals surface area contributed by atoms with Crippen LogP contribution in [0.4, 0.5) is 4.79 Å². The van der Waals surface area contributed by atoms with Crippen LogP contribution >= 0.6 is 15.9 Å². The first-order valence-electron chi connectivity index (χ1n) is 10.0. The second-order valence-corrected chi connectivity index (χ2v) is 8.40. The quantitative estimate of drug-likeness (QED) is 0.381. The molecule has 1 aliphatic carbocycles. The number of fused-ring (bicyclic) bond motifs is 4. The third-order valence-corrected chi connectivity index (χ3v) is 6.10. The summed E-state index contributed by atoms with van der Waals surface area (Å²) in [6, 6.07) is 21.3. The Morgan fingerprint density at radius 1 is 1.10 bits per heavy atom. The fraction of sp³-hybridized carbons (Fsp3) is 0.167. The van der Waals surface area contributed by atoms with Crippen molar-refractivity contribution in [2.45, 2.75) is 12.0 Å². The van der Waals surface area contributed by atoms with Crippen LogP contribution in [0.15, 0.2) is 71.2 Å². The summed E-state index contributed by atoms with van der Waals surface area (Å²) >= 11 is 3.43. The van der Waals surface area contributed by atoms with Gasteiger partial charge in [-0.3, -0.25) is 0 Å². The Morgan fingerprint density at radius 3 is 2.45 bits per heavy atom. The van der Waals surface area contributed by atoms with Gasteiger partial charge in [0.2, 0.25) is 0 Å². The monoisotopic (exact) mass is 477 g/mol. The van der Waals surface area contributed by atoms with Gasteiger partial charge >= 0.3 is 6.09 Å². The number of H-pyrrole nitrogens is 1. The predicted molar refractivity (Wildman–Crippen MR) is 122 cm³/mol. The molecule has 0 saturated heterocycles. The van der Waals surface area contributed by atoms with E-state index in [-0.39, 0.29) is 19.1 Å². The van der Waals surface area contributed by atoms with E-state index in [2.05, 4.69) is 55.5 Å². The average Bonchev–Trinajstić information content (AvgIpc) is 3.35. The van der Waals surface area contributed by atoms with E-state index >= 15 is 0 Å². The molecular weight excluding hydrogens is 458 g/mol. The molecule has 1 aliphatic rings. The number of rotatable bonds is 5. The van der Waals surface area contributed by atoms with E-state index in [0.717, 1.165) is 26.6 Å². The summed E-state index contributed by atoms with van der Waals surface area (Å²) in [5, 5.41) is 12.5. The first kappa shape index (κ1) is 19.8. The molecule has 0 fully saturated rings. The van der Waals surface area contributed by atoms with E-state index in [4.69, 9.17) is 4.74 Å². The number of alkyl carbamates (subject to hydrolysis) is 1. The molecule has 1 atom stereocenters. The van der Waals surface area contributed by atoms with Gasteiger partial charge in [0.15, 0.2) is 0 Å². The summed E-state index contributed by atoms with van der Waals surface area (Å²) in [5.74, 6) is 0.457. The van der Waals surface area contributed by atoms with E-state index in [1.807, 2.05) is 42.5 Å². The van der Waals surface area contributed by atoms with Crippen LogP contribution in [0.2, 0.25) is 0 Å². The molecule has 0 aliphatic heterocycles. The SMILES string of the molecule is O=C(NC(CO)c1nc2ccc(Br)cc2[nH]1)OCC1c2ccccc2-c2ccccc21. The van der Waals surface area contributed by atoms with Crippen molar-refractivity contribution < 1.29 is 14.6 Å². The minimum Gasteiger partial charge on any atom is -0.449 e. The van der Waals surface area contributed by atoms with Crippen LogP contribution in [0.25, 0.3) is 22.2 Å². The second kappa shape index (κ2) is 8.17. The number of imidazole rings is 1. The molecule has 6 nitrogen and oxygen atoms in total. The maximum atomic E-state index is 12.5. The van der Waals surface area contributed by atoms with E-state index in [1.165, 1.54) is 11.1 Å². The molecule has 156 valence electrons. The van der Waals surface area contributed by atoms with Gasteiger partial charge in [-0.25, -0.2) is 9.78 Å². The molecule has 4 aromatic rings. The van der Waals surface area contributed by atoms with E-state index in [9.17, 15) is 9.90 Å². The van der Waals surface area contributed by atoms with Gasteiger partial charge < -0.3 is 20.1 Å². The summed E-state index contributed by atoms with van der Waals surface area (Å²) in [6.07, 6.45) is -0.595. The number of amides is 1. The number of aliphatic hydroxyl groups excluding tert-OH is 1. The number of aromatic nitrogens is 2. The Kier molecular flexibility index (Phi) is 5.21. The standard InChI is InChI=1S/C24H20BrN3O3/c25-14-9-10-20-21(11-14)27-23(26-20)22(12-29)28-24(30)31-13-19-17-7-3-1-5-15(17)16-6-2-4-8-18(16)19/h1-11,19,22,29H,12-13H2,(H,26,27)(H,28,30). The molecule has 0 bridgehead atoms. The van der Waals surface area contributed by atoms with Gasteiger partial charge in [-0.2, -0.15) is 0 Å². The maximum Gasteiger partial charge on any atom is 0.407 e. The molecular formula is C24H20BrN3O3. The van der Waals surface area contributed by atoms with Crippen LogP contribution in [-0.2, 0) is 4.74 Å². The Balaban J connectivity index is 1.30. The molecule has 31 heavy (non-hydrogen) atoms. The number of benzene rings is 3. The highest BCUT2D eigenvalue weighted by atomic mass is 79.9. The third kappa shape index (κ3) is 3.71. The highest BCUT2D eigenvalue weighted by molar-refractivity contribution is 9.10. The number of aliphatic hydroxyl groups is 1. The lowest BCUT2D eigenvalue weighted by Gasteiger charge is -2.17. The van der Waals surface area contributed by atoms with Gasteiger partial charge in [0.05, 0.1) is 17.6 Å². The van der Waals surface area contributed by atoms with Crippen molar-refractivity contribution in [3.63, 3.8) is 0 Å². The topological polar surface area (TPSA) is 87.2 Å². The lowest BCUT2D eigenvalue weighted by Crippen LogP contribution is -2.32. The number of nitrogens with zero attached hydrogens (tertiary/aromatic N) is 1. The van der Waals surface area contributed by atoms with Gasteiger partial charge in [-0.05, 0) is 40.5 Å². The fourth-order valence-corrected chi connectivity index (χ4v) is 4.51. The van der Waals surface area contributed by atoms with Crippen LogP contribution in [0.5, 0.6) is 0 Å². The molecule has 3 aromatic carbocycles. The minimum absolute atomic E-state index is 0.0192. The van der Waals surface area contributed by atoms with Crippen molar-refractivity contribution in [1.29, 1.82) is 0 Å². The molecule has 0 spiro atoms. The number of halogens is 1. The van der Waals surface area contributed by atoms with Crippen LogP contribution in [0, 0.1) is 0 Å². The molecule has 1 unspecified atom stereocenters. The van der Waals surface area contributed by atoms with E-state index < -0.39 is 12.1 Å². The minimum atomic E-state index is -0.693. The highest BCUT2D eigenvalue weighted by Gasteiger charge is 2.29. The molecule has 1 amide bonds. The largest absolute Gasteiger partial charge is 0.449 e. The third-order valence-electron chi connectivity index (χ3n) is 5.61. The van der Waals surface area contributed by atoms with Crippen molar-refractivity contribution in [1.82, 2.24) is 15.3 Å². The Bertz CT molecular complexity index is 1220. The second-order valence-electron chi connectivity index (χ2n) is 7.49. The van der Waals surface area contributed by atoms with E-state index in [1.54, 1.807) is 0 Å². The molecule has 7 heteroatoms. The first-order valence-corrected chi connectivity index (χ1v) is 10.8. The van der Waals surface area contributed by atoms with Crippen molar-refractivity contribution >= 4 is 33.1 Å². The van der Waals surface area contributed by atoms with Crippen molar-refractivity contribution in [3.8, 4) is 11.1 Å². The smallest absolute Gasteiger partial charge is 0.407 e. The highest BCUT2D eigenvalue weighted by Crippen LogP contribution is 2.44. The molecule has 1 aromatic heterocycles. The molecule has 0 saturated carbocycles. The predicted octanol–water partition coefficient (Wildman–Crippen LogP) is 4.90. The number of aromatic amines is 1. The van der Waals surface area contributed by atoms with Gasteiger partial charge in [0.1, 0.15) is 18.5 Å². The Labute approximate surface area is 187 Å². The summed E-state index contributed by atoms with van der Waals surface area (Å²) in [6.45, 7) is -0.0870. The molecule has 1 heterocycles. The van der Waals surface area contributed by atoms with Gasteiger partial charge in [-0.1, -0.05) is 64.5 Å². The summed E-state index contributed by atoms with van der Waals surface area (Å²) in [7, 11) is 0. The van der Waals surface area contributed by atoms with Crippen LogP contribution < -0.4 is 5.32 Å². The van der Waals surface area contributed by atoms with Crippen molar-refractivity contribution in [3.05, 3.63) is 88.2 Å². The van der Waals surface area contributed by atoms with Crippen LogP contribution in [0.3, 0.4) is 0 Å². The zero-order chi connectivity index (χ0) is 21.4. The summed E-state index contributed by atoms with van der Waals surface area (Å²) in [5.41, 5.74) is 6.22. The average molecular weight is 478 g/mol. The van der Waals surface area contributed by atoms with Crippen LogP contribution in [-0.4, -0.2) is 34.4 Å². The Morgan fingerprint density at radius 2 is 1.77 bits per heavy atom. The van der Waals surface area contributed by atoms with Crippen LogP contribution in [0.1, 0.15) is 28.9 Å². The molecule has 5 rings (SSSR count). The van der Waals surface area contributed by atoms with Gasteiger partial charge in [-0.15, -0.1) is 0 Å². The normalized spacial score (nSPS) is 13.6. The van der Waals surface area contributed by atoms with Crippen molar-refractivity contribution in [2.24, 2.45) is 0 Å². The number of hydrogen-bond donors (Lipinski definition) is 3. The summed E-state index contributed by atoms with van der Waals surface area (Å²) in [4.78, 5) is 20.2. The van der Waals surface area contributed by atoms with E-state index in [0.29, 0.717) is 5.82 Å². The lowest BCUT2D eigenvalue weighted by molar-refractivity contribution is 0.131. The molecule has 3 N–H and O–H groups in total. The fourth-order valence-electron chi connectivity index (χ4n) is 4.15. The van der Waals surface area contributed by atoms with Gasteiger partial charge in [0, 0.05) is 10.4 Å². The number of ether oxygens (including phenoxy) is 1. The first-order chi connectivity index (χ1) is 15.1. The number of carbonyl (C=O) groups excluding carboxylic acids is 1. The number of carbonyl (C=O) groups is 1. The van der Waals surface area contributed by atoms with Gasteiger partial charge in [0.25, 0.3) is 0 Å². The molecule has 0 radical (unpaired) electrons. The Hall–Kier alpha value is -3.16. The zero-order valence-corrected chi connectivity index (χ0v) is 18.1.